The van der Waals surface area contributed by atoms with Gasteiger partial charge in [-0.2, -0.15) is 0 Å². The van der Waals surface area contributed by atoms with Gasteiger partial charge in [-0.3, -0.25) is 4.57 Å². The summed E-state index contributed by atoms with van der Waals surface area (Å²) >= 11 is 0. The Morgan fingerprint density at radius 1 is 0.373 bits per heavy atom. The summed E-state index contributed by atoms with van der Waals surface area (Å²) in [6.07, 6.45) is 0. The maximum atomic E-state index is 6.37. The summed E-state index contributed by atoms with van der Waals surface area (Å²) in [6.45, 7) is 0. The van der Waals surface area contributed by atoms with Gasteiger partial charge < -0.3 is 9.32 Å². The van der Waals surface area contributed by atoms with Crippen molar-refractivity contribution < 1.29 is 4.42 Å². The first kappa shape index (κ1) is 34.3. The van der Waals surface area contributed by atoms with Crippen LogP contribution in [0.3, 0.4) is 0 Å². The van der Waals surface area contributed by atoms with Gasteiger partial charge in [0.1, 0.15) is 17.0 Å². The number of hydrogen-bond acceptors (Lipinski definition) is 3. The summed E-state index contributed by atoms with van der Waals surface area (Å²) in [4.78, 5) is 7.51. The summed E-state index contributed by atoms with van der Waals surface area (Å²) in [5.74, 6) is 0.921. The maximum Gasteiger partial charge on any atom is 0.145 e. The van der Waals surface area contributed by atoms with E-state index in [0.29, 0.717) is 0 Å². The average molecular weight is 756 g/mol. The van der Waals surface area contributed by atoms with Gasteiger partial charge in [0, 0.05) is 50.7 Å². The highest BCUT2D eigenvalue weighted by atomic mass is 16.3. The van der Waals surface area contributed by atoms with E-state index >= 15 is 0 Å². The second kappa shape index (κ2) is 14.5. The average Bonchev–Trinajstić information content (AvgIpc) is 3.89. The number of furan rings is 1. The van der Waals surface area contributed by atoms with Crippen LogP contribution >= 0.6 is 0 Å². The zero-order valence-corrected chi connectivity index (χ0v) is 32.1. The molecule has 278 valence electrons. The first-order valence-corrected chi connectivity index (χ1v) is 20.0. The fourth-order valence-electron chi connectivity index (χ4n) is 8.37. The van der Waals surface area contributed by atoms with Gasteiger partial charge in [0.2, 0.25) is 0 Å². The minimum atomic E-state index is 0.863. The largest absolute Gasteiger partial charge is 0.456 e. The van der Waals surface area contributed by atoms with Crippen molar-refractivity contribution in [3.05, 3.63) is 224 Å². The second-order valence-corrected chi connectivity index (χ2v) is 14.8. The molecule has 0 saturated carbocycles. The van der Waals surface area contributed by atoms with E-state index in [4.69, 9.17) is 9.40 Å². The second-order valence-electron chi connectivity index (χ2n) is 14.8. The molecule has 0 fully saturated rings. The van der Waals surface area contributed by atoms with Crippen molar-refractivity contribution in [2.24, 2.45) is 0 Å². The normalized spacial score (nSPS) is 11.4. The van der Waals surface area contributed by atoms with E-state index in [9.17, 15) is 0 Å². The van der Waals surface area contributed by atoms with Crippen LogP contribution in [0.15, 0.2) is 229 Å². The molecule has 4 heteroatoms. The molecule has 0 bridgehead atoms. The van der Waals surface area contributed by atoms with Gasteiger partial charge in [-0.1, -0.05) is 152 Å². The summed E-state index contributed by atoms with van der Waals surface area (Å²) in [5, 5.41) is 2.23. The quantitative estimate of drug-likeness (QED) is 0.155. The monoisotopic (exact) mass is 755 g/mol. The Morgan fingerprint density at radius 2 is 0.915 bits per heavy atom. The molecule has 4 nitrogen and oxygen atoms in total. The van der Waals surface area contributed by atoms with Gasteiger partial charge in [-0.25, -0.2) is 4.98 Å². The van der Waals surface area contributed by atoms with Crippen LogP contribution in [0.4, 0.5) is 17.1 Å². The third kappa shape index (κ3) is 6.24. The van der Waals surface area contributed by atoms with Crippen LogP contribution in [0.5, 0.6) is 0 Å². The molecule has 9 aromatic carbocycles. The van der Waals surface area contributed by atoms with E-state index in [-0.39, 0.29) is 0 Å². The Balaban J connectivity index is 0.992. The minimum Gasteiger partial charge on any atom is -0.456 e. The number of fused-ring (bicyclic) bond motifs is 4. The van der Waals surface area contributed by atoms with Gasteiger partial charge in [-0.05, 0) is 94.5 Å². The summed E-state index contributed by atoms with van der Waals surface area (Å²) in [5.41, 5.74) is 16.0. The molecule has 0 aliphatic carbocycles. The molecule has 11 aromatic rings. The van der Waals surface area contributed by atoms with E-state index in [1.54, 1.807) is 0 Å². The van der Waals surface area contributed by atoms with Crippen LogP contribution in [-0.4, -0.2) is 9.55 Å². The van der Waals surface area contributed by atoms with E-state index in [1.165, 1.54) is 11.1 Å². The molecule has 0 amide bonds. The first-order valence-electron chi connectivity index (χ1n) is 20.0. The molecule has 0 radical (unpaired) electrons. The molecule has 2 heterocycles. The third-order valence-corrected chi connectivity index (χ3v) is 11.2. The molecular weight excluding hydrogens is 719 g/mol. The lowest BCUT2D eigenvalue weighted by Crippen LogP contribution is -2.09. The number of anilines is 3. The van der Waals surface area contributed by atoms with Crippen LogP contribution in [0, 0.1) is 0 Å². The molecule has 0 saturated heterocycles. The molecule has 59 heavy (non-hydrogen) atoms. The zero-order chi connectivity index (χ0) is 39.1. The highest BCUT2D eigenvalue weighted by Gasteiger charge is 2.19. The standard InChI is InChI=1S/C55H37N3O/c1-4-14-38(15-5-1)39-26-30-45(31-27-39)57(47-34-35-50-49-22-10-11-25-52(49)59-53(50)37-47)46-32-28-40(29-33-46)42-18-12-19-43(36-42)48-23-13-24-51-54(48)58(44-20-8-3-9-21-44)55(56-51)41-16-6-2-7-17-41/h1-37H. The van der Waals surface area contributed by atoms with E-state index in [0.717, 1.165) is 89.4 Å². The SMILES string of the molecule is c1ccc(-c2ccc(N(c3ccc(-c4cccc(-c5cccc6nc(-c7ccccc7)n(-c7ccccc7)c56)c4)cc3)c3ccc4c(c3)oc3ccccc34)cc2)cc1. The zero-order valence-electron chi connectivity index (χ0n) is 32.1. The van der Waals surface area contributed by atoms with Crippen molar-refractivity contribution in [1.29, 1.82) is 0 Å². The van der Waals surface area contributed by atoms with Gasteiger partial charge in [0.25, 0.3) is 0 Å². The number of benzene rings is 9. The maximum absolute atomic E-state index is 6.37. The lowest BCUT2D eigenvalue weighted by Gasteiger charge is -2.26. The molecule has 11 rings (SSSR count). The lowest BCUT2D eigenvalue weighted by molar-refractivity contribution is 0.669. The van der Waals surface area contributed by atoms with Crippen molar-refractivity contribution in [3.63, 3.8) is 0 Å². The van der Waals surface area contributed by atoms with Crippen molar-refractivity contribution in [3.8, 4) is 50.5 Å². The minimum absolute atomic E-state index is 0.863. The van der Waals surface area contributed by atoms with Crippen LogP contribution in [-0.2, 0) is 0 Å². The fraction of sp³-hybridized carbons (Fsp3) is 0. The number of imidazole rings is 1. The van der Waals surface area contributed by atoms with E-state index < -0.39 is 0 Å². The topological polar surface area (TPSA) is 34.2 Å². The Labute approximate surface area is 342 Å². The van der Waals surface area contributed by atoms with Crippen molar-refractivity contribution in [2.45, 2.75) is 0 Å². The molecule has 0 spiro atoms. The molecule has 2 aromatic heterocycles. The van der Waals surface area contributed by atoms with E-state index in [1.807, 2.05) is 18.2 Å². The van der Waals surface area contributed by atoms with Crippen LogP contribution in [0.1, 0.15) is 0 Å². The number of aromatic nitrogens is 2. The fourth-order valence-corrected chi connectivity index (χ4v) is 8.37. The van der Waals surface area contributed by atoms with Crippen molar-refractivity contribution in [1.82, 2.24) is 9.55 Å². The molecule has 0 atom stereocenters. The van der Waals surface area contributed by atoms with Crippen molar-refractivity contribution in [2.75, 3.05) is 4.90 Å². The van der Waals surface area contributed by atoms with Gasteiger partial charge >= 0.3 is 0 Å². The van der Waals surface area contributed by atoms with Crippen molar-refractivity contribution >= 4 is 50.0 Å². The number of hydrogen-bond donors (Lipinski definition) is 0. The summed E-state index contributed by atoms with van der Waals surface area (Å²) in [7, 11) is 0. The van der Waals surface area contributed by atoms with Gasteiger partial charge in [0.05, 0.1) is 11.0 Å². The molecule has 0 unspecified atom stereocenters. The highest BCUT2D eigenvalue weighted by Crippen LogP contribution is 2.41. The van der Waals surface area contributed by atoms with Gasteiger partial charge in [-0.15, -0.1) is 0 Å². The smallest absolute Gasteiger partial charge is 0.145 e. The molecule has 0 aliphatic rings. The lowest BCUT2D eigenvalue weighted by atomic mass is 9.97. The molecular formula is C55H37N3O. The molecule has 0 aliphatic heterocycles. The highest BCUT2D eigenvalue weighted by molar-refractivity contribution is 6.06. The van der Waals surface area contributed by atoms with Crippen LogP contribution < -0.4 is 4.90 Å². The Kier molecular flexibility index (Phi) is 8.45. The van der Waals surface area contributed by atoms with E-state index in [2.05, 4.69) is 216 Å². The number of para-hydroxylation sites is 3. The number of rotatable bonds is 8. The van der Waals surface area contributed by atoms with Crippen LogP contribution in [0.25, 0.3) is 83.4 Å². The Morgan fingerprint density at radius 3 is 1.64 bits per heavy atom. The molecule has 0 N–H and O–H groups in total. The number of nitrogens with zero attached hydrogens (tertiary/aromatic N) is 3. The predicted octanol–water partition coefficient (Wildman–Crippen LogP) is 15.1. The van der Waals surface area contributed by atoms with Gasteiger partial charge in [0.15, 0.2) is 0 Å². The first-order chi connectivity index (χ1) is 29.2. The third-order valence-electron chi connectivity index (χ3n) is 11.2. The Bertz CT molecular complexity index is 3240. The summed E-state index contributed by atoms with van der Waals surface area (Å²) < 4.78 is 8.66. The predicted molar refractivity (Wildman–Crippen MR) is 245 cm³/mol. The Hall–Kier alpha value is -7.95. The van der Waals surface area contributed by atoms with Crippen LogP contribution in [0.2, 0.25) is 0 Å². The summed E-state index contributed by atoms with van der Waals surface area (Å²) in [6, 6.07) is 79.2.